The summed E-state index contributed by atoms with van der Waals surface area (Å²) < 4.78 is 0.770. The number of hydrogen-bond acceptors (Lipinski definition) is 6. The lowest BCUT2D eigenvalue weighted by atomic mass is 9.98. The third-order valence-electron chi connectivity index (χ3n) is 3.19. The molecule has 7 nitrogen and oxygen atoms in total. The van der Waals surface area contributed by atoms with E-state index in [0.29, 0.717) is 0 Å². The number of rotatable bonds is 3. The minimum absolute atomic E-state index is 0.0316. The van der Waals surface area contributed by atoms with Crippen molar-refractivity contribution in [1.82, 2.24) is 4.73 Å². The molecule has 0 bridgehead atoms. The molecule has 0 radical (unpaired) electrons. The smallest absolute Gasteiger partial charge is 0.229 e. The van der Waals surface area contributed by atoms with Crippen LogP contribution in [0.5, 0.6) is 11.8 Å². The van der Waals surface area contributed by atoms with Crippen molar-refractivity contribution in [3.63, 3.8) is 0 Å². The number of hydrogen-bond donors (Lipinski definition) is 3. The first kappa shape index (κ1) is 13.4. The fraction of sp³-hybridized carbons (Fsp3) is 0.500. The predicted octanol–water partition coefficient (Wildman–Crippen LogP) is -0.407. The molecule has 19 heavy (non-hydrogen) atoms. The summed E-state index contributed by atoms with van der Waals surface area (Å²) in [4.78, 5) is 28.9. The second-order valence-corrected chi connectivity index (χ2v) is 4.55. The second kappa shape index (κ2) is 5.31. The Balaban J connectivity index is 2.18. The van der Waals surface area contributed by atoms with Gasteiger partial charge in [0.25, 0.3) is 0 Å². The van der Waals surface area contributed by atoms with Crippen molar-refractivity contribution in [2.45, 2.75) is 25.4 Å². The molecule has 1 fully saturated rings. The van der Waals surface area contributed by atoms with E-state index in [1.54, 1.807) is 0 Å². The number of aromatic nitrogens is 1. The summed E-state index contributed by atoms with van der Waals surface area (Å²) in [6.07, 6.45) is -0.344. The SMILES string of the molecule is NCC1CC(=O)CCC(On2c(O)ccc2O)C1=O. The maximum absolute atomic E-state index is 12.1. The molecule has 104 valence electrons. The first-order chi connectivity index (χ1) is 9.02. The van der Waals surface area contributed by atoms with E-state index in [9.17, 15) is 19.8 Å². The standard InChI is InChI=1S/C12H16N2O5/c13-6-7-5-8(15)1-2-9(12(7)18)19-14-10(16)3-4-11(14)17/h3-4,7,9,16-17H,1-2,5-6,13H2. The van der Waals surface area contributed by atoms with Crippen LogP contribution in [0.2, 0.25) is 0 Å². The van der Waals surface area contributed by atoms with Gasteiger partial charge in [-0.15, -0.1) is 4.73 Å². The minimum Gasteiger partial charge on any atom is -0.492 e. The van der Waals surface area contributed by atoms with Gasteiger partial charge in [0.05, 0.1) is 0 Å². The summed E-state index contributed by atoms with van der Waals surface area (Å²) in [6.45, 7) is 0.0775. The molecule has 0 aromatic carbocycles. The molecule has 7 heteroatoms. The molecule has 1 heterocycles. The van der Waals surface area contributed by atoms with E-state index in [1.165, 1.54) is 12.1 Å². The molecule has 1 aromatic heterocycles. The quantitative estimate of drug-likeness (QED) is 0.642. The Morgan fingerprint density at radius 1 is 1.32 bits per heavy atom. The molecule has 0 spiro atoms. The highest BCUT2D eigenvalue weighted by molar-refractivity contribution is 5.93. The Hall–Kier alpha value is -2.02. The molecule has 4 N–H and O–H groups in total. The highest BCUT2D eigenvalue weighted by Crippen LogP contribution is 2.23. The van der Waals surface area contributed by atoms with Crippen LogP contribution in [0.15, 0.2) is 12.1 Å². The molecule has 0 saturated heterocycles. The summed E-state index contributed by atoms with van der Waals surface area (Å²) in [5, 5.41) is 18.9. The largest absolute Gasteiger partial charge is 0.492 e. The lowest BCUT2D eigenvalue weighted by Gasteiger charge is -2.19. The Labute approximate surface area is 109 Å². The van der Waals surface area contributed by atoms with Gasteiger partial charge in [-0.3, -0.25) is 9.59 Å². The van der Waals surface area contributed by atoms with Crippen LogP contribution in [0, 0.1) is 5.92 Å². The molecular weight excluding hydrogens is 252 g/mol. The molecule has 2 atom stereocenters. The Morgan fingerprint density at radius 2 is 1.95 bits per heavy atom. The summed E-state index contributed by atoms with van der Waals surface area (Å²) in [5.41, 5.74) is 5.49. The van der Waals surface area contributed by atoms with Crippen LogP contribution in [0.4, 0.5) is 0 Å². The maximum atomic E-state index is 12.1. The molecule has 1 aliphatic carbocycles. The highest BCUT2D eigenvalue weighted by atomic mass is 16.7. The second-order valence-electron chi connectivity index (χ2n) is 4.55. The topological polar surface area (TPSA) is 115 Å². The minimum atomic E-state index is -0.899. The van der Waals surface area contributed by atoms with Crippen LogP contribution in [-0.2, 0) is 9.59 Å². The van der Waals surface area contributed by atoms with Gasteiger partial charge < -0.3 is 20.8 Å². The van der Waals surface area contributed by atoms with Gasteiger partial charge in [-0.1, -0.05) is 0 Å². The average molecular weight is 268 g/mol. The van der Waals surface area contributed by atoms with Gasteiger partial charge in [-0.2, -0.15) is 0 Å². The van der Waals surface area contributed by atoms with Crippen molar-refractivity contribution >= 4 is 11.6 Å². The van der Waals surface area contributed by atoms with Crippen molar-refractivity contribution in [3.05, 3.63) is 12.1 Å². The van der Waals surface area contributed by atoms with Crippen molar-refractivity contribution in [1.29, 1.82) is 0 Å². The van der Waals surface area contributed by atoms with Gasteiger partial charge in [-0.05, 0) is 0 Å². The summed E-state index contributed by atoms with van der Waals surface area (Å²) in [5.74, 6) is -1.51. The molecule has 2 rings (SSSR count). The zero-order chi connectivity index (χ0) is 14.0. The van der Waals surface area contributed by atoms with E-state index >= 15 is 0 Å². The van der Waals surface area contributed by atoms with Crippen molar-refractivity contribution < 1.29 is 24.6 Å². The molecule has 0 aliphatic heterocycles. The average Bonchev–Trinajstić information content (AvgIpc) is 2.62. The van der Waals surface area contributed by atoms with Gasteiger partial charge >= 0.3 is 0 Å². The van der Waals surface area contributed by atoms with E-state index in [-0.39, 0.29) is 49.1 Å². The fourth-order valence-corrected chi connectivity index (χ4v) is 2.12. The first-order valence-electron chi connectivity index (χ1n) is 6.05. The van der Waals surface area contributed by atoms with E-state index in [0.717, 1.165) is 4.73 Å². The molecule has 0 amide bonds. The van der Waals surface area contributed by atoms with Gasteiger partial charge in [0, 0.05) is 43.9 Å². The number of carbonyl (C=O) groups is 2. The summed E-state index contributed by atoms with van der Waals surface area (Å²) in [6, 6.07) is 2.48. The summed E-state index contributed by atoms with van der Waals surface area (Å²) in [7, 11) is 0. The van der Waals surface area contributed by atoms with Gasteiger partial charge in [0.15, 0.2) is 11.9 Å². The molecule has 2 unspecified atom stereocenters. The Kier molecular flexibility index (Phi) is 3.75. The van der Waals surface area contributed by atoms with Gasteiger partial charge in [0.2, 0.25) is 11.8 Å². The van der Waals surface area contributed by atoms with E-state index in [4.69, 9.17) is 10.6 Å². The lowest BCUT2D eigenvalue weighted by molar-refractivity contribution is -0.135. The van der Waals surface area contributed by atoms with Gasteiger partial charge in [0.1, 0.15) is 5.78 Å². The Morgan fingerprint density at radius 3 is 2.53 bits per heavy atom. The normalized spacial score (nSPS) is 24.3. The van der Waals surface area contributed by atoms with E-state index in [1.807, 2.05) is 0 Å². The van der Waals surface area contributed by atoms with Crippen molar-refractivity contribution in [2.75, 3.05) is 6.54 Å². The monoisotopic (exact) mass is 268 g/mol. The maximum Gasteiger partial charge on any atom is 0.229 e. The Bertz CT molecular complexity index is 477. The number of nitrogens with zero attached hydrogens (tertiary/aromatic N) is 1. The number of aromatic hydroxyl groups is 2. The van der Waals surface area contributed by atoms with Gasteiger partial charge in [-0.25, -0.2) is 0 Å². The zero-order valence-electron chi connectivity index (χ0n) is 10.3. The van der Waals surface area contributed by atoms with E-state index < -0.39 is 12.0 Å². The first-order valence-corrected chi connectivity index (χ1v) is 6.05. The van der Waals surface area contributed by atoms with Crippen LogP contribution in [-0.4, -0.2) is 39.2 Å². The van der Waals surface area contributed by atoms with E-state index in [2.05, 4.69) is 0 Å². The third kappa shape index (κ3) is 2.70. The number of Topliss-reactive ketones (excluding diaryl/α,β-unsaturated/α-hetero) is 2. The third-order valence-corrected chi connectivity index (χ3v) is 3.19. The molecule has 1 saturated carbocycles. The highest BCUT2D eigenvalue weighted by Gasteiger charge is 2.34. The van der Waals surface area contributed by atoms with Crippen molar-refractivity contribution in [3.8, 4) is 11.8 Å². The predicted molar refractivity (Wildman–Crippen MR) is 64.5 cm³/mol. The van der Waals surface area contributed by atoms with Crippen LogP contribution in [0.3, 0.4) is 0 Å². The molecular formula is C12H16N2O5. The van der Waals surface area contributed by atoms with Crippen LogP contribution < -0.4 is 10.6 Å². The van der Waals surface area contributed by atoms with Crippen molar-refractivity contribution in [2.24, 2.45) is 11.7 Å². The fourth-order valence-electron chi connectivity index (χ4n) is 2.12. The molecule has 1 aromatic rings. The van der Waals surface area contributed by atoms with Crippen LogP contribution in [0.25, 0.3) is 0 Å². The number of ketones is 2. The zero-order valence-corrected chi connectivity index (χ0v) is 10.3. The van der Waals surface area contributed by atoms with Crippen LogP contribution >= 0.6 is 0 Å². The van der Waals surface area contributed by atoms with Crippen LogP contribution in [0.1, 0.15) is 19.3 Å². The number of carbonyl (C=O) groups excluding carboxylic acids is 2. The lowest BCUT2D eigenvalue weighted by Crippen LogP contribution is -2.38. The summed E-state index contributed by atoms with van der Waals surface area (Å²) >= 11 is 0. The number of nitrogens with two attached hydrogens (primary N) is 1. The molecule has 1 aliphatic rings.